The summed E-state index contributed by atoms with van der Waals surface area (Å²) in [6.45, 7) is 1.64. The Hall–Kier alpha value is -2.78. The van der Waals surface area contributed by atoms with Crippen LogP contribution in [0.4, 0.5) is 11.4 Å². The number of aliphatic hydroxyl groups excluding tert-OH is 1. The van der Waals surface area contributed by atoms with Crippen LogP contribution in [0, 0.1) is 6.92 Å². The second kappa shape index (κ2) is 9.38. The normalized spacial score (nSPS) is 12.0. The Morgan fingerprint density at radius 1 is 1.22 bits per heavy atom. The number of hydrogen-bond acceptors (Lipinski definition) is 6. The topological polar surface area (TPSA) is 81.3 Å². The lowest BCUT2D eigenvalue weighted by atomic mass is 10.2. The second-order valence-corrected chi connectivity index (χ2v) is 9.24. The van der Waals surface area contributed by atoms with Gasteiger partial charge in [-0.3, -0.25) is 4.79 Å². The van der Waals surface area contributed by atoms with Crippen molar-refractivity contribution in [3.63, 3.8) is 0 Å². The van der Waals surface area contributed by atoms with Gasteiger partial charge in [-0.2, -0.15) is 0 Å². The largest absolute Gasteiger partial charge is 0.494 e. The van der Waals surface area contributed by atoms with Crippen LogP contribution in [0.2, 0.25) is 9.36 Å². The first kappa shape index (κ1) is 22.4. The maximum absolute atomic E-state index is 13.2. The molecule has 0 aliphatic rings. The first-order valence-corrected chi connectivity index (χ1v) is 11.2. The van der Waals surface area contributed by atoms with Crippen LogP contribution in [0.5, 0.6) is 5.75 Å². The number of aromatic nitrogens is 3. The molecule has 0 saturated carbocycles. The first-order chi connectivity index (χ1) is 15.4. The molecule has 0 unspecified atom stereocenters. The smallest absolute Gasteiger partial charge is 0.275 e. The molecule has 1 atom stereocenters. The third-order valence-electron chi connectivity index (χ3n) is 4.89. The van der Waals surface area contributed by atoms with Crippen molar-refractivity contribution in [2.45, 2.75) is 13.0 Å². The number of benzene rings is 1. The number of thiophene rings is 1. The maximum Gasteiger partial charge on any atom is 0.275 e. The molecule has 4 rings (SSSR count). The van der Waals surface area contributed by atoms with Crippen LogP contribution in [0.1, 0.15) is 16.6 Å². The molecule has 0 spiro atoms. The van der Waals surface area contributed by atoms with Gasteiger partial charge >= 0.3 is 0 Å². The summed E-state index contributed by atoms with van der Waals surface area (Å²) < 4.78 is 9.39. The van der Waals surface area contributed by atoms with Crippen LogP contribution >= 0.6 is 34.5 Å². The van der Waals surface area contributed by atoms with Gasteiger partial charge in [-0.15, -0.1) is 11.3 Å². The SMILES string of the molecule is COc1cc(Nc2cc(Cl)cn([C@@H](CO)c3ccc(Cl)s3)c2=O)ccc1-n1cnc(C)c1. The average Bonchev–Trinajstić information content (AvgIpc) is 3.40. The van der Waals surface area contributed by atoms with Crippen molar-refractivity contribution < 1.29 is 9.84 Å². The van der Waals surface area contributed by atoms with Gasteiger partial charge in [0.2, 0.25) is 0 Å². The number of aliphatic hydroxyl groups is 1. The lowest BCUT2D eigenvalue weighted by Crippen LogP contribution is -2.28. The Bertz CT molecular complexity index is 1310. The molecule has 0 bridgehead atoms. The van der Waals surface area contributed by atoms with Crippen molar-refractivity contribution in [3.8, 4) is 11.4 Å². The van der Waals surface area contributed by atoms with Gasteiger partial charge in [-0.1, -0.05) is 23.2 Å². The molecule has 3 heterocycles. The minimum atomic E-state index is -0.597. The highest BCUT2D eigenvalue weighted by Crippen LogP contribution is 2.31. The molecule has 2 N–H and O–H groups in total. The van der Waals surface area contributed by atoms with E-state index in [2.05, 4.69) is 10.3 Å². The van der Waals surface area contributed by atoms with E-state index in [0.29, 0.717) is 20.8 Å². The summed E-state index contributed by atoms with van der Waals surface area (Å²) in [4.78, 5) is 18.2. The highest BCUT2D eigenvalue weighted by molar-refractivity contribution is 7.16. The van der Waals surface area contributed by atoms with Gasteiger partial charge in [0.25, 0.3) is 5.56 Å². The molecule has 166 valence electrons. The van der Waals surface area contributed by atoms with Crippen LogP contribution < -0.4 is 15.6 Å². The van der Waals surface area contributed by atoms with Gasteiger partial charge in [-0.05, 0) is 37.3 Å². The summed E-state index contributed by atoms with van der Waals surface area (Å²) >= 11 is 13.7. The van der Waals surface area contributed by atoms with E-state index in [1.807, 2.05) is 29.8 Å². The fraction of sp³-hybridized carbons (Fsp3) is 0.182. The summed E-state index contributed by atoms with van der Waals surface area (Å²) in [6.07, 6.45) is 5.11. The number of nitrogens with one attached hydrogen (secondary N) is 1. The van der Waals surface area contributed by atoms with Crippen molar-refractivity contribution >= 4 is 45.9 Å². The molecule has 3 aromatic heterocycles. The zero-order chi connectivity index (χ0) is 22.8. The lowest BCUT2D eigenvalue weighted by Gasteiger charge is -2.18. The van der Waals surface area contributed by atoms with Crippen molar-refractivity contribution in [2.75, 3.05) is 19.0 Å². The third kappa shape index (κ3) is 4.54. The van der Waals surface area contributed by atoms with E-state index in [1.54, 1.807) is 37.7 Å². The Kier molecular flexibility index (Phi) is 6.57. The van der Waals surface area contributed by atoms with E-state index in [9.17, 15) is 9.90 Å². The van der Waals surface area contributed by atoms with Gasteiger partial charge in [-0.25, -0.2) is 4.98 Å². The predicted molar refractivity (Wildman–Crippen MR) is 128 cm³/mol. The van der Waals surface area contributed by atoms with Crippen LogP contribution in [0.3, 0.4) is 0 Å². The second-order valence-electron chi connectivity index (χ2n) is 7.06. The molecule has 32 heavy (non-hydrogen) atoms. The molecule has 10 heteroatoms. The standard InChI is InChI=1S/C22H20Cl2N4O3S/c1-13-9-27(12-25-13)17-4-3-15(8-19(17)31-2)26-16-7-14(23)10-28(22(16)30)18(11-29)20-5-6-21(24)32-20/h3-10,12,18,26,29H,11H2,1-2H3/t18-/m0/s1. The molecule has 0 fully saturated rings. The first-order valence-electron chi connectivity index (χ1n) is 9.63. The number of anilines is 2. The number of hydrogen-bond donors (Lipinski definition) is 2. The maximum atomic E-state index is 13.2. The van der Waals surface area contributed by atoms with Gasteiger partial charge in [0.15, 0.2) is 0 Å². The molecular formula is C22H20Cl2N4O3S. The molecule has 0 saturated heterocycles. The number of nitrogens with zero attached hydrogens (tertiary/aromatic N) is 3. The van der Waals surface area contributed by atoms with E-state index < -0.39 is 6.04 Å². The van der Waals surface area contributed by atoms with Gasteiger partial charge < -0.3 is 24.3 Å². The van der Waals surface area contributed by atoms with Crippen LogP contribution in [0.25, 0.3) is 5.69 Å². The predicted octanol–water partition coefficient (Wildman–Crippen LogP) is 5.04. The quantitative estimate of drug-likeness (QED) is 0.379. The lowest BCUT2D eigenvalue weighted by molar-refractivity contribution is 0.249. The van der Waals surface area contributed by atoms with E-state index in [1.165, 1.54) is 22.1 Å². The summed E-state index contributed by atoms with van der Waals surface area (Å²) in [7, 11) is 1.58. The van der Waals surface area contributed by atoms with Crippen LogP contribution in [-0.2, 0) is 0 Å². The van der Waals surface area contributed by atoms with Crippen molar-refractivity contribution in [1.82, 2.24) is 14.1 Å². The minimum Gasteiger partial charge on any atom is -0.494 e. The number of pyridine rings is 1. The van der Waals surface area contributed by atoms with Crippen LogP contribution in [-0.4, -0.2) is 32.9 Å². The van der Waals surface area contributed by atoms with Gasteiger partial charge in [0.1, 0.15) is 11.4 Å². The molecule has 1 aromatic carbocycles. The summed E-state index contributed by atoms with van der Waals surface area (Å²) in [5.41, 5.74) is 2.29. The number of aryl methyl sites for hydroxylation is 1. The van der Waals surface area contributed by atoms with Crippen molar-refractivity contribution in [3.05, 3.63) is 85.4 Å². The number of ether oxygens (including phenoxy) is 1. The number of imidazole rings is 1. The fourth-order valence-corrected chi connectivity index (χ4v) is 4.75. The number of methoxy groups -OCH3 is 1. The van der Waals surface area contributed by atoms with Crippen LogP contribution in [0.15, 0.2) is 59.9 Å². The number of rotatable bonds is 7. The van der Waals surface area contributed by atoms with Gasteiger partial charge in [0, 0.05) is 29.0 Å². The number of halogens is 2. The van der Waals surface area contributed by atoms with Crippen molar-refractivity contribution in [1.29, 1.82) is 0 Å². The van der Waals surface area contributed by atoms with Crippen molar-refractivity contribution in [2.24, 2.45) is 0 Å². The Morgan fingerprint density at radius 2 is 2.03 bits per heavy atom. The molecule has 0 radical (unpaired) electrons. The molecular weight excluding hydrogens is 471 g/mol. The van der Waals surface area contributed by atoms with Gasteiger partial charge in [0.05, 0.1) is 46.8 Å². The Labute approximate surface area is 198 Å². The van der Waals surface area contributed by atoms with E-state index in [4.69, 9.17) is 27.9 Å². The Morgan fingerprint density at radius 3 is 2.66 bits per heavy atom. The zero-order valence-corrected chi connectivity index (χ0v) is 19.6. The average molecular weight is 491 g/mol. The zero-order valence-electron chi connectivity index (χ0n) is 17.3. The highest BCUT2D eigenvalue weighted by atomic mass is 35.5. The van der Waals surface area contributed by atoms with E-state index >= 15 is 0 Å². The third-order valence-corrected chi connectivity index (χ3v) is 6.43. The monoisotopic (exact) mass is 490 g/mol. The molecule has 7 nitrogen and oxygen atoms in total. The molecule has 0 amide bonds. The Balaban J connectivity index is 1.70. The fourth-order valence-electron chi connectivity index (χ4n) is 3.39. The molecule has 4 aromatic rings. The summed E-state index contributed by atoms with van der Waals surface area (Å²) in [5.74, 6) is 0.608. The molecule has 0 aliphatic heterocycles. The minimum absolute atomic E-state index is 0.270. The summed E-state index contributed by atoms with van der Waals surface area (Å²) in [5, 5.41) is 13.4. The summed E-state index contributed by atoms with van der Waals surface area (Å²) in [6, 6.07) is 9.97. The van der Waals surface area contributed by atoms with E-state index in [-0.39, 0.29) is 17.9 Å². The molecule has 0 aliphatic carbocycles. The highest BCUT2D eigenvalue weighted by Gasteiger charge is 2.19. The van der Waals surface area contributed by atoms with E-state index in [0.717, 1.165) is 16.3 Å².